The summed E-state index contributed by atoms with van der Waals surface area (Å²) in [7, 11) is -3.22. The SMILES string of the molecule is CCOP(=O)(C=CC(N)CCCc1ccc(Sc2cccc(OCc3ccccc3)c2)cc1Cl)OCC. The minimum Gasteiger partial charge on any atom is -0.489 e. The highest BCUT2D eigenvalue weighted by Crippen LogP contribution is 2.49. The van der Waals surface area contributed by atoms with Gasteiger partial charge in [-0.05, 0) is 74.6 Å². The molecule has 0 fully saturated rings. The molecule has 198 valence electrons. The van der Waals surface area contributed by atoms with Crippen LogP contribution in [-0.2, 0) is 26.6 Å². The van der Waals surface area contributed by atoms with Crippen molar-refractivity contribution in [2.24, 2.45) is 5.73 Å². The number of hydrogen-bond acceptors (Lipinski definition) is 6. The van der Waals surface area contributed by atoms with E-state index in [0.717, 1.165) is 51.0 Å². The van der Waals surface area contributed by atoms with Gasteiger partial charge in [0.05, 0.1) is 13.2 Å². The molecule has 1 atom stereocenters. The van der Waals surface area contributed by atoms with E-state index < -0.39 is 7.60 Å². The van der Waals surface area contributed by atoms with Crippen molar-refractivity contribution in [3.8, 4) is 5.75 Å². The Morgan fingerprint density at radius 3 is 2.41 bits per heavy atom. The van der Waals surface area contributed by atoms with Gasteiger partial charge in [0.15, 0.2) is 0 Å². The summed E-state index contributed by atoms with van der Waals surface area (Å²) in [5.74, 6) is 2.31. The van der Waals surface area contributed by atoms with Gasteiger partial charge in [0.25, 0.3) is 0 Å². The average molecular weight is 560 g/mol. The minimum atomic E-state index is -3.22. The van der Waals surface area contributed by atoms with E-state index in [9.17, 15) is 4.57 Å². The van der Waals surface area contributed by atoms with E-state index in [2.05, 4.69) is 30.3 Å². The molecule has 0 heterocycles. The lowest BCUT2D eigenvalue weighted by molar-refractivity contribution is 0.228. The third kappa shape index (κ3) is 10.3. The van der Waals surface area contributed by atoms with Gasteiger partial charge in [0.1, 0.15) is 12.4 Å². The summed E-state index contributed by atoms with van der Waals surface area (Å²) in [4.78, 5) is 2.15. The van der Waals surface area contributed by atoms with Gasteiger partial charge in [-0.3, -0.25) is 4.57 Å². The van der Waals surface area contributed by atoms with Crippen LogP contribution in [0.5, 0.6) is 5.75 Å². The van der Waals surface area contributed by atoms with Crippen LogP contribution in [0.2, 0.25) is 5.02 Å². The van der Waals surface area contributed by atoms with Gasteiger partial charge in [0.2, 0.25) is 0 Å². The van der Waals surface area contributed by atoms with Gasteiger partial charge in [-0.25, -0.2) is 0 Å². The monoisotopic (exact) mass is 559 g/mol. The summed E-state index contributed by atoms with van der Waals surface area (Å²) in [5, 5.41) is 0.739. The van der Waals surface area contributed by atoms with Crippen LogP contribution in [0.3, 0.4) is 0 Å². The maximum atomic E-state index is 12.5. The molecule has 1 unspecified atom stereocenters. The molecule has 5 nitrogen and oxygen atoms in total. The maximum Gasteiger partial charge on any atom is 0.353 e. The Labute approximate surface area is 229 Å². The van der Waals surface area contributed by atoms with Crippen molar-refractivity contribution < 1.29 is 18.3 Å². The Kier molecular flexibility index (Phi) is 12.3. The van der Waals surface area contributed by atoms with Crippen molar-refractivity contribution >= 4 is 31.0 Å². The Balaban J connectivity index is 1.50. The molecule has 2 N–H and O–H groups in total. The van der Waals surface area contributed by atoms with Gasteiger partial charge in [0, 0.05) is 26.7 Å². The minimum absolute atomic E-state index is 0.237. The Bertz CT molecular complexity index is 1180. The Morgan fingerprint density at radius 2 is 1.70 bits per heavy atom. The fraction of sp³-hybridized carbons (Fsp3) is 0.310. The standard InChI is InChI=1S/C29H35ClNO4PS/c1-3-34-36(32,35-4-2)19-18-25(31)13-8-12-24-16-17-28(21-29(24)30)37-27-15-9-14-26(20-27)33-22-23-10-6-5-7-11-23/h5-7,9-11,14-21,25H,3-4,8,12-13,22,31H2,1-2H3. The molecule has 0 saturated carbocycles. The van der Waals surface area contributed by atoms with Gasteiger partial charge in [-0.15, -0.1) is 0 Å². The number of rotatable bonds is 15. The van der Waals surface area contributed by atoms with E-state index in [4.69, 9.17) is 31.1 Å². The van der Waals surface area contributed by atoms with E-state index in [-0.39, 0.29) is 6.04 Å². The van der Waals surface area contributed by atoms with E-state index >= 15 is 0 Å². The highest BCUT2D eigenvalue weighted by Gasteiger charge is 2.19. The fourth-order valence-corrected chi connectivity index (χ4v) is 6.27. The summed E-state index contributed by atoms with van der Waals surface area (Å²) in [5.41, 5.74) is 8.40. The fourth-order valence-electron chi connectivity index (χ4n) is 3.62. The van der Waals surface area contributed by atoms with Crippen molar-refractivity contribution in [3.63, 3.8) is 0 Å². The average Bonchev–Trinajstić information content (AvgIpc) is 2.89. The van der Waals surface area contributed by atoms with Gasteiger partial charge < -0.3 is 19.5 Å². The van der Waals surface area contributed by atoms with Gasteiger partial charge in [-0.1, -0.05) is 71.9 Å². The van der Waals surface area contributed by atoms with Crippen LogP contribution in [0.1, 0.15) is 37.8 Å². The lowest BCUT2D eigenvalue weighted by atomic mass is 10.1. The first-order valence-electron chi connectivity index (χ1n) is 12.5. The molecule has 8 heteroatoms. The maximum absolute atomic E-state index is 12.5. The zero-order valence-electron chi connectivity index (χ0n) is 21.3. The molecule has 37 heavy (non-hydrogen) atoms. The predicted molar refractivity (Wildman–Crippen MR) is 154 cm³/mol. The topological polar surface area (TPSA) is 70.8 Å². The molecule has 3 aromatic rings. The molecule has 0 aromatic heterocycles. The largest absolute Gasteiger partial charge is 0.489 e. The number of halogens is 1. The molecular formula is C29H35ClNO4PS. The van der Waals surface area contributed by atoms with E-state index in [1.165, 1.54) is 5.82 Å². The van der Waals surface area contributed by atoms with E-state index in [0.29, 0.717) is 19.8 Å². The normalized spacial score (nSPS) is 12.6. The number of hydrogen-bond donors (Lipinski definition) is 1. The predicted octanol–water partition coefficient (Wildman–Crippen LogP) is 8.50. The Hall–Kier alpha value is -2.05. The van der Waals surface area contributed by atoms with Gasteiger partial charge in [-0.2, -0.15) is 0 Å². The van der Waals surface area contributed by atoms with Crippen LogP contribution >= 0.6 is 31.0 Å². The van der Waals surface area contributed by atoms with Crippen LogP contribution < -0.4 is 10.5 Å². The van der Waals surface area contributed by atoms with Crippen LogP contribution in [-0.4, -0.2) is 19.3 Å². The summed E-state index contributed by atoms with van der Waals surface area (Å²) in [6, 6.07) is 24.1. The molecule has 3 aromatic carbocycles. The molecule has 0 bridgehead atoms. The second-order valence-corrected chi connectivity index (χ2v) is 11.8. The van der Waals surface area contributed by atoms with Gasteiger partial charge >= 0.3 is 7.60 Å². The quantitative estimate of drug-likeness (QED) is 0.188. The molecule has 0 saturated heterocycles. The molecular weight excluding hydrogens is 525 g/mol. The summed E-state index contributed by atoms with van der Waals surface area (Å²) in [6.07, 6.45) is 4.11. The molecule has 0 aliphatic carbocycles. The van der Waals surface area contributed by atoms with Crippen molar-refractivity contribution in [2.75, 3.05) is 13.2 Å². The molecule has 0 aliphatic heterocycles. The molecule has 0 spiro atoms. The summed E-state index contributed by atoms with van der Waals surface area (Å²) in [6.45, 7) is 4.73. The molecule has 0 amide bonds. The van der Waals surface area contributed by atoms with Crippen molar-refractivity contribution in [2.45, 2.75) is 55.5 Å². The second-order valence-electron chi connectivity index (χ2n) is 8.38. The second kappa shape index (κ2) is 15.4. The lowest BCUT2D eigenvalue weighted by Crippen LogP contribution is -2.16. The summed E-state index contributed by atoms with van der Waals surface area (Å²) < 4.78 is 29.0. The van der Waals surface area contributed by atoms with Crippen LogP contribution in [0, 0.1) is 0 Å². The third-order valence-electron chi connectivity index (χ3n) is 5.43. The van der Waals surface area contributed by atoms with Crippen LogP contribution in [0.4, 0.5) is 0 Å². The highest BCUT2D eigenvalue weighted by molar-refractivity contribution is 7.99. The zero-order chi connectivity index (χ0) is 26.5. The van der Waals surface area contributed by atoms with Crippen LogP contribution in [0.25, 0.3) is 0 Å². The molecule has 0 radical (unpaired) electrons. The van der Waals surface area contributed by atoms with E-state index in [1.807, 2.05) is 42.5 Å². The lowest BCUT2D eigenvalue weighted by Gasteiger charge is -2.14. The van der Waals surface area contributed by atoms with Crippen molar-refractivity contribution in [1.82, 2.24) is 0 Å². The summed E-state index contributed by atoms with van der Waals surface area (Å²) >= 11 is 8.25. The molecule has 0 aliphatic rings. The number of benzene rings is 3. The van der Waals surface area contributed by atoms with E-state index in [1.54, 1.807) is 31.7 Å². The van der Waals surface area contributed by atoms with Crippen molar-refractivity contribution in [3.05, 3.63) is 101 Å². The first-order chi connectivity index (χ1) is 17.9. The smallest absolute Gasteiger partial charge is 0.353 e. The first-order valence-corrected chi connectivity index (χ1v) is 15.3. The Morgan fingerprint density at radius 1 is 0.973 bits per heavy atom. The number of nitrogens with two attached hydrogens (primary N) is 1. The van der Waals surface area contributed by atoms with Crippen LogP contribution in [0.15, 0.2) is 94.5 Å². The molecule has 3 rings (SSSR count). The van der Waals surface area contributed by atoms with Crippen molar-refractivity contribution in [1.29, 1.82) is 0 Å². The highest BCUT2D eigenvalue weighted by atomic mass is 35.5. The number of ether oxygens (including phenoxy) is 1. The third-order valence-corrected chi connectivity index (χ3v) is 8.54. The zero-order valence-corrected chi connectivity index (χ0v) is 23.8. The first kappa shape index (κ1) is 29.5. The number of aryl methyl sites for hydroxylation is 1.